The molecular formula is C9H18N2O2S. The van der Waals surface area contributed by atoms with E-state index in [0.717, 1.165) is 0 Å². The molecule has 0 aliphatic rings. The minimum absolute atomic E-state index is 0.0315. The van der Waals surface area contributed by atoms with Crippen molar-refractivity contribution in [3.63, 3.8) is 0 Å². The quantitative estimate of drug-likeness (QED) is 0.663. The Morgan fingerprint density at radius 1 is 1.57 bits per heavy atom. The maximum atomic E-state index is 11.3. The molecular weight excluding hydrogens is 200 g/mol. The molecule has 82 valence electrons. The van der Waals surface area contributed by atoms with E-state index in [4.69, 9.17) is 22.7 Å². The Hall–Kier alpha value is -0.680. The lowest BCUT2D eigenvalue weighted by Crippen LogP contribution is -2.53. The van der Waals surface area contributed by atoms with E-state index in [0.29, 0.717) is 0 Å². The van der Waals surface area contributed by atoms with Crippen LogP contribution in [0.1, 0.15) is 27.7 Å². The third-order valence-electron chi connectivity index (χ3n) is 1.62. The highest BCUT2D eigenvalue weighted by Gasteiger charge is 2.23. The first-order valence-electron chi connectivity index (χ1n) is 4.48. The molecule has 0 aliphatic carbocycles. The first-order valence-corrected chi connectivity index (χ1v) is 4.89. The van der Waals surface area contributed by atoms with Crippen molar-refractivity contribution in [2.75, 3.05) is 6.61 Å². The first-order chi connectivity index (χ1) is 6.25. The van der Waals surface area contributed by atoms with E-state index in [9.17, 15) is 4.79 Å². The van der Waals surface area contributed by atoms with Crippen LogP contribution in [0.25, 0.3) is 0 Å². The van der Waals surface area contributed by atoms with Crippen molar-refractivity contribution in [1.82, 2.24) is 5.32 Å². The molecule has 0 aliphatic heterocycles. The Bertz CT molecular complexity index is 227. The standard InChI is InChI=1S/C9H18N2O2S/c1-6(2)13-5-7(12)11-9(3,4)8(10)14/h6H,5H2,1-4H3,(H2,10,14)(H,11,12). The lowest BCUT2D eigenvalue weighted by Gasteiger charge is -2.24. The van der Waals surface area contributed by atoms with Crippen molar-refractivity contribution in [2.24, 2.45) is 5.73 Å². The molecule has 0 radical (unpaired) electrons. The summed E-state index contributed by atoms with van der Waals surface area (Å²) in [5, 5.41) is 2.68. The largest absolute Gasteiger partial charge is 0.391 e. The van der Waals surface area contributed by atoms with Crippen LogP contribution in [0.4, 0.5) is 0 Å². The molecule has 0 heterocycles. The van der Waals surface area contributed by atoms with Crippen LogP contribution in [0.5, 0.6) is 0 Å². The summed E-state index contributed by atoms with van der Waals surface area (Å²) in [6.45, 7) is 7.27. The lowest BCUT2D eigenvalue weighted by atomic mass is 10.1. The van der Waals surface area contributed by atoms with Gasteiger partial charge in [-0.15, -0.1) is 0 Å². The molecule has 5 heteroatoms. The van der Waals surface area contributed by atoms with Crippen molar-refractivity contribution >= 4 is 23.1 Å². The van der Waals surface area contributed by atoms with Crippen LogP contribution in [0, 0.1) is 0 Å². The molecule has 0 fully saturated rings. The molecule has 0 aromatic rings. The zero-order valence-corrected chi connectivity index (χ0v) is 9.90. The molecule has 14 heavy (non-hydrogen) atoms. The molecule has 0 bridgehead atoms. The van der Waals surface area contributed by atoms with Crippen LogP contribution in [0.2, 0.25) is 0 Å². The average Bonchev–Trinajstić information content (AvgIpc) is 1.99. The highest BCUT2D eigenvalue weighted by atomic mass is 32.1. The van der Waals surface area contributed by atoms with Crippen LogP contribution in [-0.4, -0.2) is 29.1 Å². The molecule has 1 amide bonds. The van der Waals surface area contributed by atoms with Crippen molar-refractivity contribution in [2.45, 2.75) is 39.3 Å². The third kappa shape index (κ3) is 5.14. The van der Waals surface area contributed by atoms with E-state index in [2.05, 4.69) is 5.32 Å². The van der Waals surface area contributed by atoms with Gasteiger partial charge in [0, 0.05) is 0 Å². The first kappa shape index (κ1) is 13.3. The Morgan fingerprint density at radius 3 is 2.43 bits per heavy atom. The Kier molecular flexibility index (Phi) is 5.01. The number of carbonyl (C=O) groups excluding carboxylic acids is 1. The van der Waals surface area contributed by atoms with E-state index >= 15 is 0 Å². The van der Waals surface area contributed by atoms with E-state index in [1.807, 2.05) is 13.8 Å². The molecule has 0 spiro atoms. The molecule has 0 saturated carbocycles. The summed E-state index contributed by atoms with van der Waals surface area (Å²) >= 11 is 4.81. The Balaban J connectivity index is 4.00. The number of carbonyl (C=O) groups is 1. The van der Waals surface area contributed by atoms with E-state index < -0.39 is 5.54 Å². The van der Waals surface area contributed by atoms with Crippen LogP contribution in [0.3, 0.4) is 0 Å². The highest BCUT2D eigenvalue weighted by Crippen LogP contribution is 2.01. The minimum atomic E-state index is -0.660. The van der Waals surface area contributed by atoms with Gasteiger partial charge >= 0.3 is 0 Å². The maximum absolute atomic E-state index is 11.3. The van der Waals surface area contributed by atoms with Gasteiger partial charge in [-0.2, -0.15) is 0 Å². The van der Waals surface area contributed by atoms with Crippen LogP contribution in [0.15, 0.2) is 0 Å². The van der Waals surface area contributed by atoms with E-state index in [1.165, 1.54) is 0 Å². The summed E-state index contributed by atoms with van der Waals surface area (Å²) in [6, 6.07) is 0. The number of nitrogens with one attached hydrogen (secondary N) is 1. The SMILES string of the molecule is CC(C)OCC(=O)NC(C)(C)C(N)=S. The van der Waals surface area contributed by atoms with E-state index in [-0.39, 0.29) is 23.6 Å². The number of hydrogen-bond donors (Lipinski definition) is 2. The molecule has 0 aromatic carbocycles. The summed E-state index contributed by atoms with van der Waals surface area (Å²) in [6.07, 6.45) is 0.0358. The average molecular weight is 218 g/mol. The van der Waals surface area contributed by atoms with Gasteiger partial charge in [-0.05, 0) is 27.7 Å². The van der Waals surface area contributed by atoms with Gasteiger partial charge in [0.25, 0.3) is 0 Å². The number of thiocarbonyl (C=S) groups is 1. The van der Waals surface area contributed by atoms with Gasteiger partial charge in [-0.25, -0.2) is 0 Å². The summed E-state index contributed by atoms with van der Waals surface area (Å²) in [5.74, 6) is -0.212. The van der Waals surface area contributed by atoms with Gasteiger partial charge in [0.2, 0.25) is 5.91 Å². The van der Waals surface area contributed by atoms with Gasteiger partial charge in [-0.1, -0.05) is 12.2 Å². The normalized spacial score (nSPS) is 11.5. The van der Waals surface area contributed by atoms with Crippen molar-refractivity contribution in [1.29, 1.82) is 0 Å². The van der Waals surface area contributed by atoms with E-state index in [1.54, 1.807) is 13.8 Å². The van der Waals surface area contributed by atoms with Crippen molar-refractivity contribution in [3.05, 3.63) is 0 Å². The minimum Gasteiger partial charge on any atom is -0.391 e. The van der Waals surface area contributed by atoms with Crippen LogP contribution < -0.4 is 11.1 Å². The molecule has 4 nitrogen and oxygen atoms in total. The van der Waals surface area contributed by atoms with Gasteiger partial charge < -0.3 is 15.8 Å². The van der Waals surface area contributed by atoms with Gasteiger partial charge in [-0.3, -0.25) is 4.79 Å². The molecule has 0 saturated heterocycles. The monoisotopic (exact) mass is 218 g/mol. The number of amides is 1. The molecule has 0 rings (SSSR count). The highest BCUT2D eigenvalue weighted by molar-refractivity contribution is 7.80. The van der Waals surface area contributed by atoms with Crippen molar-refractivity contribution in [3.8, 4) is 0 Å². The fraction of sp³-hybridized carbons (Fsp3) is 0.778. The zero-order valence-electron chi connectivity index (χ0n) is 9.09. The summed E-state index contributed by atoms with van der Waals surface area (Å²) in [4.78, 5) is 11.6. The number of hydrogen-bond acceptors (Lipinski definition) is 3. The van der Waals surface area contributed by atoms with Crippen molar-refractivity contribution < 1.29 is 9.53 Å². The lowest BCUT2D eigenvalue weighted by molar-refractivity contribution is -0.128. The number of rotatable bonds is 5. The molecule has 0 atom stereocenters. The predicted octanol–water partition coefficient (Wildman–Crippen LogP) is 0.592. The van der Waals surface area contributed by atoms with Gasteiger partial charge in [0.15, 0.2) is 0 Å². The predicted molar refractivity (Wildman–Crippen MR) is 60.1 cm³/mol. The fourth-order valence-corrected chi connectivity index (χ4v) is 0.740. The Morgan fingerprint density at radius 2 is 2.07 bits per heavy atom. The second-order valence-electron chi connectivity index (χ2n) is 3.90. The van der Waals surface area contributed by atoms with Crippen LogP contribution >= 0.6 is 12.2 Å². The summed E-state index contributed by atoms with van der Waals surface area (Å²) in [5.41, 5.74) is 4.79. The third-order valence-corrected chi connectivity index (χ3v) is 2.13. The second kappa shape index (κ2) is 5.26. The topological polar surface area (TPSA) is 64.3 Å². The number of nitrogens with two attached hydrogens (primary N) is 1. The number of ether oxygens (including phenoxy) is 1. The summed E-state index contributed by atoms with van der Waals surface area (Å²) in [7, 11) is 0. The van der Waals surface area contributed by atoms with Gasteiger partial charge in [0.1, 0.15) is 6.61 Å². The molecule has 0 unspecified atom stereocenters. The van der Waals surface area contributed by atoms with Crippen LogP contribution in [-0.2, 0) is 9.53 Å². The Labute approximate surface area is 90.2 Å². The smallest absolute Gasteiger partial charge is 0.246 e. The molecule has 3 N–H and O–H groups in total. The summed E-state index contributed by atoms with van der Waals surface area (Å²) < 4.78 is 5.13. The second-order valence-corrected chi connectivity index (χ2v) is 4.34. The fourth-order valence-electron chi connectivity index (χ4n) is 0.689. The zero-order chi connectivity index (χ0) is 11.4. The maximum Gasteiger partial charge on any atom is 0.246 e. The molecule has 0 aromatic heterocycles. The van der Waals surface area contributed by atoms with Gasteiger partial charge in [0.05, 0.1) is 16.6 Å².